The van der Waals surface area contributed by atoms with Gasteiger partial charge in [0.25, 0.3) is 0 Å². The number of carbonyl (C=O) groups is 5. The van der Waals surface area contributed by atoms with Gasteiger partial charge >= 0.3 is 29.8 Å². The van der Waals surface area contributed by atoms with Crippen LogP contribution >= 0.6 is 7.14 Å². The summed E-state index contributed by atoms with van der Waals surface area (Å²) in [5.41, 5.74) is -1.18. The monoisotopic (exact) mass is 436 g/mol. The molecule has 0 radical (unpaired) electrons. The highest BCUT2D eigenvalue weighted by atomic mass is 31.2. The SMILES string of the molecule is CC(=O)OC[C@@H]1[C@@H](OC(C)=O)[C@H](OC(C)=O)[C@H](OC(C)=O)[C@@H](OC(C)=O)[P@@]1(C)=O. The standard InChI is InChI=1S/C17H25O11P/c1-8(18)24-7-13-14(25-9(2)19)15(26-10(3)20)16(27-11(4)21)17(28-12(5)22)29(13,6)23/h13-17H,7H2,1-6H3/t13-,14-,15+,16+,17+,29+/m1/s1. The van der Waals surface area contributed by atoms with E-state index in [-0.39, 0.29) is 0 Å². The molecule has 6 atom stereocenters. The lowest BCUT2D eigenvalue weighted by molar-refractivity contribution is -0.197. The summed E-state index contributed by atoms with van der Waals surface area (Å²) in [4.78, 5) is 57.9. The Morgan fingerprint density at radius 2 is 1.07 bits per heavy atom. The molecule has 0 unspecified atom stereocenters. The molecule has 164 valence electrons. The molecule has 0 aromatic rings. The summed E-state index contributed by atoms with van der Waals surface area (Å²) in [6.45, 7) is 6.16. The van der Waals surface area contributed by atoms with Crippen LogP contribution in [0.25, 0.3) is 0 Å². The molecule has 0 saturated carbocycles. The quantitative estimate of drug-likeness (QED) is 0.327. The molecule has 11 nitrogen and oxygen atoms in total. The average Bonchev–Trinajstić information content (AvgIpc) is 2.52. The van der Waals surface area contributed by atoms with Crippen LogP contribution in [0.5, 0.6) is 0 Å². The van der Waals surface area contributed by atoms with Gasteiger partial charge in [-0.3, -0.25) is 24.0 Å². The number of hydrogen-bond donors (Lipinski definition) is 0. The third kappa shape index (κ3) is 6.56. The zero-order chi connectivity index (χ0) is 22.5. The van der Waals surface area contributed by atoms with Crippen molar-refractivity contribution in [2.75, 3.05) is 13.3 Å². The number of hydrogen-bond acceptors (Lipinski definition) is 11. The molecule has 1 fully saturated rings. The maximum atomic E-state index is 13.7. The average molecular weight is 436 g/mol. The van der Waals surface area contributed by atoms with Gasteiger partial charge in [-0.25, -0.2) is 0 Å². The Kier molecular flexibility index (Phi) is 8.37. The van der Waals surface area contributed by atoms with E-state index in [1.165, 1.54) is 6.66 Å². The highest BCUT2D eigenvalue weighted by Gasteiger charge is 2.61. The van der Waals surface area contributed by atoms with Crippen molar-refractivity contribution in [3.63, 3.8) is 0 Å². The van der Waals surface area contributed by atoms with Gasteiger partial charge in [-0.1, -0.05) is 0 Å². The molecule has 0 aromatic carbocycles. The van der Waals surface area contributed by atoms with Gasteiger partial charge in [0.05, 0.1) is 5.66 Å². The lowest BCUT2D eigenvalue weighted by Crippen LogP contribution is -2.61. The third-order valence-corrected chi connectivity index (χ3v) is 7.29. The van der Waals surface area contributed by atoms with Crippen LogP contribution < -0.4 is 0 Å². The third-order valence-electron chi connectivity index (χ3n) is 4.12. The summed E-state index contributed by atoms with van der Waals surface area (Å²) in [7, 11) is -3.69. The van der Waals surface area contributed by atoms with Gasteiger partial charge in [0, 0.05) is 34.6 Å². The van der Waals surface area contributed by atoms with Crippen molar-refractivity contribution in [3.05, 3.63) is 0 Å². The molecule has 0 aromatic heterocycles. The van der Waals surface area contributed by atoms with E-state index in [9.17, 15) is 28.5 Å². The lowest BCUT2D eigenvalue weighted by Gasteiger charge is -2.47. The summed E-state index contributed by atoms with van der Waals surface area (Å²) in [5.74, 6) is -5.47. The topological polar surface area (TPSA) is 149 Å². The fourth-order valence-electron chi connectivity index (χ4n) is 3.11. The van der Waals surface area contributed by atoms with Crippen LogP contribution in [0.15, 0.2) is 0 Å². The zero-order valence-corrected chi connectivity index (χ0v) is 17.9. The highest BCUT2D eigenvalue weighted by Crippen LogP contribution is 2.60. The van der Waals surface area contributed by atoms with E-state index in [0.29, 0.717) is 0 Å². The van der Waals surface area contributed by atoms with E-state index in [1.54, 1.807) is 0 Å². The second-order valence-electron chi connectivity index (χ2n) is 6.65. The maximum absolute atomic E-state index is 13.7. The molecule has 0 bridgehead atoms. The Hall–Kier alpha value is -2.42. The normalized spacial score (nSPS) is 31.2. The minimum atomic E-state index is -3.69. The first-order valence-electron chi connectivity index (χ1n) is 8.66. The lowest BCUT2D eigenvalue weighted by atomic mass is 10.0. The van der Waals surface area contributed by atoms with E-state index in [2.05, 4.69) is 0 Å². The zero-order valence-electron chi connectivity index (χ0n) is 17.0. The van der Waals surface area contributed by atoms with Gasteiger partial charge in [0.2, 0.25) is 0 Å². The van der Waals surface area contributed by atoms with Crippen LogP contribution in [0.4, 0.5) is 0 Å². The Bertz CT molecular complexity index is 731. The van der Waals surface area contributed by atoms with Crippen LogP contribution in [0, 0.1) is 0 Å². The fourth-order valence-corrected chi connectivity index (χ4v) is 5.84. The molecular weight excluding hydrogens is 411 g/mol. The van der Waals surface area contributed by atoms with Crippen molar-refractivity contribution in [3.8, 4) is 0 Å². The minimum absolute atomic E-state index is 0.469. The predicted octanol–water partition coefficient (Wildman–Crippen LogP) is 0.609. The second kappa shape index (κ2) is 9.87. The molecule has 0 N–H and O–H groups in total. The first-order chi connectivity index (χ1) is 13.3. The maximum Gasteiger partial charge on any atom is 0.303 e. The van der Waals surface area contributed by atoms with Crippen LogP contribution in [0.1, 0.15) is 34.6 Å². The fraction of sp³-hybridized carbons (Fsp3) is 0.706. The van der Waals surface area contributed by atoms with E-state index < -0.39 is 73.4 Å². The van der Waals surface area contributed by atoms with Crippen LogP contribution in [0.2, 0.25) is 0 Å². The van der Waals surface area contributed by atoms with E-state index in [0.717, 1.165) is 34.6 Å². The van der Waals surface area contributed by atoms with Crippen molar-refractivity contribution in [1.29, 1.82) is 0 Å². The van der Waals surface area contributed by atoms with Gasteiger partial charge in [-0.2, -0.15) is 0 Å². The largest absolute Gasteiger partial charge is 0.465 e. The minimum Gasteiger partial charge on any atom is -0.465 e. The molecule has 0 amide bonds. The van der Waals surface area contributed by atoms with Gasteiger partial charge in [0.1, 0.15) is 13.7 Å². The molecule has 1 aliphatic rings. The summed E-state index contributed by atoms with van der Waals surface area (Å²) in [6.07, 6.45) is -4.34. The first kappa shape index (κ1) is 24.6. The van der Waals surface area contributed by atoms with Crippen molar-refractivity contribution >= 4 is 37.0 Å². The molecule has 1 saturated heterocycles. The summed E-state index contributed by atoms with van der Waals surface area (Å²) in [6, 6.07) is 0. The summed E-state index contributed by atoms with van der Waals surface area (Å²) in [5, 5.41) is 0. The number of rotatable bonds is 6. The van der Waals surface area contributed by atoms with Crippen molar-refractivity contribution in [2.45, 2.75) is 64.4 Å². The van der Waals surface area contributed by atoms with Gasteiger partial charge < -0.3 is 28.2 Å². The Morgan fingerprint density at radius 1 is 0.655 bits per heavy atom. The van der Waals surface area contributed by atoms with Crippen LogP contribution in [0.3, 0.4) is 0 Å². The number of esters is 5. The van der Waals surface area contributed by atoms with Gasteiger partial charge in [0.15, 0.2) is 24.2 Å². The van der Waals surface area contributed by atoms with E-state index in [4.69, 9.17) is 23.7 Å². The van der Waals surface area contributed by atoms with Crippen molar-refractivity contribution in [2.24, 2.45) is 0 Å². The highest BCUT2D eigenvalue weighted by molar-refractivity contribution is 7.64. The second-order valence-corrected chi connectivity index (χ2v) is 9.94. The van der Waals surface area contributed by atoms with Crippen LogP contribution in [-0.4, -0.2) is 72.9 Å². The number of carbonyl (C=O) groups excluding carboxylic acids is 5. The molecule has 1 heterocycles. The molecule has 1 rings (SSSR count). The molecule has 29 heavy (non-hydrogen) atoms. The van der Waals surface area contributed by atoms with E-state index in [1.807, 2.05) is 0 Å². The van der Waals surface area contributed by atoms with Gasteiger partial charge in [-0.05, 0) is 6.66 Å². The molecule has 0 spiro atoms. The van der Waals surface area contributed by atoms with Crippen molar-refractivity contribution < 1.29 is 52.2 Å². The Balaban J connectivity index is 3.59. The molecular formula is C17H25O11P. The van der Waals surface area contributed by atoms with Gasteiger partial charge in [-0.15, -0.1) is 0 Å². The van der Waals surface area contributed by atoms with E-state index >= 15 is 0 Å². The molecule has 1 aliphatic heterocycles. The first-order valence-corrected chi connectivity index (χ1v) is 11.0. The smallest absolute Gasteiger partial charge is 0.303 e. The molecule has 0 aliphatic carbocycles. The van der Waals surface area contributed by atoms with Crippen LogP contribution in [-0.2, 0) is 52.2 Å². The Labute approximate surface area is 167 Å². The molecule has 12 heteroatoms. The Morgan fingerprint density at radius 3 is 1.48 bits per heavy atom. The predicted molar refractivity (Wildman–Crippen MR) is 96.2 cm³/mol. The summed E-state index contributed by atoms with van der Waals surface area (Å²) >= 11 is 0. The number of ether oxygens (including phenoxy) is 5. The summed E-state index contributed by atoms with van der Waals surface area (Å²) < 4.78 is 39.4. The van der Waals surface area contributed by atoms with Crippen molar-refractivity contribution in [1.82, 2.24) is 0 Å².